The first-order chi connectivity index (χ1) is 16.4. The zero-order valence-corrected chi connectivity index (χ0v) is 18.7. The van der Waals surface area contributed by atoms with Crippen molar-refractivity contribution in [2.75, 3.05) is 20.8 Å². The molecule has 1 unspecified atom stereocenters. The molecule has 1 saturated heterocycles. The third-order valence-electron chi connectivity index (χ3n) is 5.75. The molecule has 2 heterocycles. The van der Waals surface area contributed by atoms with Gasteiger partial charge in [-0.2, -0.15) is 0 Å². The van der Waals surface area contributed by atoms with Crippen molar-refractivity contribution in [3.05, 3.63) is 95.1 Å². The Hall–Kier alpha value is -4.20. The molecular formula is C26H23FN2O5. The molecule has 1 atom stereocenters. The first-order valence-corrected chi connectivity index (χ1v) is 10.6. The minimum absolute atomic E-state index is 0.0584. The van der Waals surface area contributed by atoms with Gasteiger partial charge in [-0.3, -0.25) is 14.6 Å². The number of hydrogen-bond acceptors (Lipinski definition) is 6. The number of aliphatic hydroxyl groups is 1. The van der Waals surface area contributed by atoms with E-state index in [4.69, 9.17) is 9.47 Å². The number of halogens is 1. The maximum atomic E-state index is 13.4. The lowest BCUT2D eigenvalue weighted by molar-refractivity contribution is -0.139. The van der Waals surface area contributed by atoms with Crippen molar-refractivity contribution in [1.82, 2.24) is 9.88 Å². The third-order valence-corrected chi connectivity index (χ3v) is 5.75. The first-order valence-electron chi connectivity index (χ1n) is 10.6. The summed E-state index contributed by atoms with van der Waals surface area (Å²) in [5, 5.41) is 11.0. The zero-order chi connectivity index (χ0) is 24.2. The summed E-state index contributed by atoms with van der Waals surface area (Å²) in [7, 11) is 3.09. The first kappa shape index (κ1) is 23.0. The molecule has 0 spiro atoms. The molecule has 0 saturated carbocycles. The predicted octanol–water partition coefficient (Wildman–Crippen LogP) is 3.90. The molecule has 1 amide bonds. The van der Waals surface area contributed by atoms with Gasteiger partial charge in [0.05, 0.1) is 25.8 Å². The predicted molar refractivity (Wildman–Crippen MR) is 123 cm³/mol. The van der Waals surface area contributed by atoms with Crippen LogP contribution in [-0.4, -0.2) is 47.4 Å². The number of methoxy groups -OCH3 is 2. The number of hydrogen-bond donors (Lipinski definition) is 1. The van der Waals surface area contributed by atoms with Crippen LogP contribution in [0.25, 0.3) is 5.76 Å². The minimum atomic E-state index is -0.834. The van der Waals surface area contributed by atoms with Gasteiger partial charge in [0, 0.05) is 24.5 Å². The maximum Gasteiger partial charge on any atom is 0.295 e. The van der Waals surface area contributed by atoms with Crippen LogP contribution in [0.4, 0.5) is 4.39 Å². The van der Waals surface area contributed by atoms with Crippen LogP contribution in [0.1, 0.15) is 22.7 Å². The van der Waals surface area contributed by atoms with E-state index in [0.29, 0.717) is 23.5 Å². The molecule has 0 radical (unpaired) electrons. The molecule has 3 aromatic rings. The summed E-state index contributed by atoms with van der Waals surface area (Å²) in [4.78, 5) is 31.6. The molecular weight excluding hydrogens is 439 g/mol. The standard InChI is InChI=1S/C26H23FN2O5/c1-33-20-10-5-16(14-21(20)34-2)11-13-29-23(18-4-3-12-28-15-18)22(25(31)26(29)32)24(30)17-6-8-19(27)9-7-17/h3-10,12,14-15,23,30H,11,13H2,1-2H3. The maximum absolute atomic E-state index is 13.4. The van der Waals surface area contributed by atoms with E-state index < -0.39 is 23.5 Å². The molecule has 1 N–H and O–H groups in total. The Morgan fingerprint density at radius 1 is 1.06 bits per heavy atom. The van der Waals surface area contributed by atoms with Crippen LogP contribution in [0, 0.1) is 5.82 Å². The van der Waals surface area contributed by atoms with E-state index in [1.807, 2.05) is 12.1 Å². The molecule has 2 aromatic carbocycles. The molecule has 34 heavy (non-hydrogen) atoms. The number of amides is 1. The average Bonchev–Trinajstić information content (AvgIpc) is 3.12. The van der Waals surface area contributed by atoms with Crippen molar-refractivity contribution >= 4 is 17.4 Å². The quantitative estimate of drug-likeness (QED) is 0.326. The van der Waals surface area contributed by atoms with E-state index in [9.17, 15) is 19.1 Å². The molecule has 1 fully saturated rings. The lowest BCUT2D eigenvalue weighted by Crippen LogP contribution is -2.31. The SMILES string of the molecule is COc1ccc(CCN2C(=O)C(=O)C(=C(O)c3ccc(F)cc3)C2c2cccnc2)cc1OC. The van der Waals surface area contributed by atoms with E-state index in [2.05, 4.69) is 4.98 Å². The van der Waals surface area contributed by atoms with Crippen molar-refractivity contribution in [3.63, 3.8) is 0 Å². The number of aromatic nitrogens is 1. The third kappa shape index (κ3) is 4.34. The second kappa shape index (κ2) is 9.74. The Morgan fingerprint density at radius 2 is 1.79 bits per heavy atom. The number of carbonyl (C=O) groups is 2. The lowest BCUT2D eigenvalue weighted by Gasteiger charge is -2.25. The van der Waals surface area contributed by atoms with E-state index in [1.54, 1.807) is 37.7 Å². The summed E-state index contributed by atoms with van der Waals surface area (Å²) in [6.07, 6.45) is 3.57. The lowest BCUT2D eigenvalue weighted by atomic mass is 9.96. The van der Waals surface area contributed by atoms with Gasteiger partial charge in [0.1, 0.15) is 11.6 Å². The van der Waals surface area contributed by atoms with E-state index in [-0.39, 0.29) is 23.4 Å². The van der Waals surface area contributed by atoms with Crippen LogP contribution in [0.15, 0.2) is 72.6 Å². The highest BCUT2D eigenvalue weighted by Gasteiger charge is 2.45. The topological polar surface area (TPSA) is 89.0 Å². The number of nitrogens with zero attached hydrogens (tertiary/aromatic N) is 2. The van der Waals surface area contributed by atoms with E-state index in [0.717, 1.165) is 5.56 Å². The van der Waals surface area contributed by atoms with Gasteiger partial charge in [0.2, 0.25) is 0 Å². The van der Waals surface area contributed by atoms with Gasteiger partial charge < -0.3 is 19.5 Å². The summed E-state index contributed by atoms with van der Waals surface area (Å²) in [5.74, 6) is -1.22. The van der Waals surface area contributed by atoms with E-state index in [1.165, 1.54) is 36.3 Å². The monoisotopic (exact) mass is 462 g/mol. The number of benzene rings is 2. The van der Waals surface area contributed by atoms with Gasteiger partial charge in [0.25, 0.3) is 11.7 Å². The van der Waals surface area contributed by atoms with Gasteiger partial charge >= 0.3 is 0 Å². The van der Waals surface area contributed by atoms with Crippen LogP contribution in [-0.2, 0) is 16.0 Å². The normalized spacial score (nSPS) is 17.1. The number of pyridine rings is 1. The van der Waals surface area contributed by atoms with Gasteiger partial charge in [-0.15, -0.1) is 0 Å². The number of ketones is 1. The van der Waals surface area contributed by atoms with Crippen molar-refractivity contribution in [1.29, 1.82) is 0 Å². The largest absolute Gasteiger partial charge is 0.507 e. The van der Waals surface area contributed by atoms with Crippen molar-refractivity contribution in [2.45, 2.75) is 12.5 Å². The number of ether oxygens (including phenoxy) is 2. The summed E-state index contributed by atoms with van der Waals surface area (Å²) in [5.41, 5.74) is 1.64. The van der Waals surface area contributed by atoms with Crippen LogP contribution >= 0.6 is 0 Å². The van der Waals surface area contributed by atoms with Crippen molar-refractivity contribution in [2.24, 2.45) is 0 Å². The molecule has 8 heteroatoms. The summed E-state index contributed by atoms with van der Waals surface area (Å²) < 4.78 is 24.0. The highest BCUT2D eigenvalue weighted by Crippen LogP contribution is 2.39. The fourth-order valence-corrected chi connectivity index (χ4v) is 4.04. The second-order valence-corrected chi connectivity index (χ2v) is 7.73. The fourth-order valence-electron chi connectivity index (χ4n) is 4.04. The number of carbonyl (C=O) groups excluding carboxylic acids is 2. The molecule has 1 aliphatic heterocycles. The summed E-state index contributed by atoms with van der Waals surface area (Å²) >= 11 is 0. The average molecular weight is 462 g/mol. The Kier molecular flexibility index (Phi) is 6.58. The number of rotatable bonds is 7. The highest BCUT2D eigenvalue weighted by molar-refractivity contribution is 6.46. The van der Waals surface area contributed by atoms with Crippen LogP contribution in [0.5, 0.6) is 11.5 Å². The summed E-state index contributed by atoms with van der Waals surface area (Å²) in [6.45, 7) is 0.208. The van der Waals surface area contributed by atoms with Crippen LogP contribution in [0.2, 0.25) is 0 Å². The number of Topliss-reactive ketones (excluding diaryl/α,β-unsaturated/α-hetero) is 1. The molecule has 1 aliphatic rings. The van der Waals surface area contributed by atoms with Crippen LogP contribution < -0.4 is 9.47 Å². The highest BCUT2D eigenvalue weighted by atomic mass is 19.1. The number of likely N-dealkylation sites (tertiary alicyclic amines) is 1. The Balaban J connectivity index is 1.72. The van der Waals surface area contributed by atoms with Crippen LogP contribution in [0.3, 0.4) is 0 Å². The van der Waals surface area contributed by atoms with Gasteiger partial charge in [0.15, 0.2) is 11.5 Å². The van der Waals surface area contributed by atoms with Crippen molar-refractivity contribution in [3.8, 4) is 11.5 Å². The van der Waals surface area contributed by atoms with Crippen molar-refractivity contribution < 1.29 is 28.6 Å². The van der Waals surface area contributed by atoms with Gasteiger partial charge in [-0.25, -0.2) is 4.39 Å². The molecule has 1 aromatic heterocycles. The smallest absolute Gasteiger partial charge is 0.295 e. The van der Waals surface area contributed by atoms with Gasteiger partial charge in [-0.05, 0) is 60.0 Å². The zero-order valence-electron chi connectivity index (χ0n) is 18.7. The molecule has 0 aliphatic carbocycles. The molecule has 4 rings (SSSR count). The van der Waals surface area contributed by atoms with Gasteiger partial charge in [-0.1, -0.05) is 12.1 Å². The van der Waals surface area contributed by atoms with E-state index >= 15 is 0 Å². The summed E-state index contributed by atoms with van der Waals surface area (Å²) in [6, 6.07) is 13.1. The molecule has 0 bridgehead atoms. The Bertz CT molecular complexity index is 1240. The molecule has 174 valence electrons. The Labute approximate surface area is 196 Å². The minimum Gasteiger partial charge on any atom is -0.507 e. The number of aliphatic hydroxyl groups excluding tert-OH is 1. The molecule has 7 nitrogen and oxygen atoms in total. The fraction of sp³-hybridized carbons (Fsp3) is 0.192. The second-order valence-electron chi connectivity index (χ2n) is 7.73. The Morgan fingerprint density at radius 3 is 2.44 bits per heavy atom.